The van der Waals surface area contributed by atoms with E-state index in [0.717, 1.165) is 16.9 Å². The molecule has 1 aromatic heterocycles. The highest BCUT2D eigenvalue weighted by atomic mass is 16.5. The number of hydrogen-bond acceptors (Lipinski definition) is 4. The van der Waals surface area contributed by atoms with Crippen LogP contribution in [0.25, 0.3) is 28.5 Å². The topological polar surface area (TPSA) is 64.4 Å². The van der Waals surface area contributed by atoms with Gasteiger partial charge in [0.2, 0.25) is 0 Å². The molecule has 4 aromatic rings. The fourth-order valence-corrected chi connectivity index (χ4v) is 4.11. The van der Waals surface area contributed by atoms with E-state index in [-0.39, 0.29) is 5.92 Å². The zero-order valence-corrected chi connectivity index (χ0v) is 17.4. The zero-order chi connectivity index (χ0) is 21.8. The third-order valence-electron chi connectivity index (χ3n) is 5.65. The highest BCUT2D eigenvalue weighted by Gasteiger charge is 2.28. The van der Waals surface area contributed by atoms with Gasteiger partial charge in [-0.15, -0.1) is 0 Å². The van der Waals surface area contributed by atoms with Crippen LogP contribution in [0.3, 0.4) is 0 Å². The number of aromatic nitrogens is 1. The van der Waals surface area contributed by atoms with Crippen LogP contribution in [0, 0.1) is 0 Å². The van der Waals surface area contributed by atoms with Crippen molar-refractivity contribution in [2.75, 3.05) is 13.2 Å². The average molecular weight is 422 g/mol. The molecule has 0 aliphatic heterocycles. The Morgan fingerprint density at radius 1 is 0.938 bits per heavy atom. The van der Waals surface area contributed by atoms with Crippen LogP contribution in [0.15, 0.2) is 95.7 Å². The Kier molecular flexibility index (Phi) is 5.54. The smallest absolute Gasteiger partial charge is 0.407 e. The lowest BCUT2D eigenvalue weighted by Gasteiger charge is -2.14. The summed E-state index contributed by atoms with van der Waals surface area (Å²) in [4.78, 5) is 12.2. The lowest BCUT2D eigenvalue weighted by atomic mass is 9.98. The van der Waals surface area contributed by atoms with Crippen LogP contribution in [0.1, 0.15) is 22.6 Å². The summed E-state index contributed by atoms with van der Waals surface area (Å²) >= 11 is 0. The Balaban J connectivity index is 1.14. The Bertz CT molecular complexity index is 1200. The Morgan fingerprint density at radius 2 is 1.62 bits per heavy atom. The standard InChI is InChI=1S/C27H22N2O3/c30-27(28-16-5-6-19-11-13-20(14-12-19)26-15-17-29-32-26)31-18-25-23-9-3-1-7-21(23)22-8-2-4-10-24(22)25/h1-15,17,25H,16,18H2,(H,28,30). The molecule has 0 atom stereocenters. The molecule has 5 rings (SSSR count). The quantitative estimate of drug-likeness (QED) is 0.421. The van der Waals surface area contributed by atoms with Gasteiger partial charge < -0.3 is 14.6 Å². The molecule has 1 N–H and O–H groups in total. The number of nitrogens with one attached hydrogen (secondary N) is 1. The molecular weight excluding hydrogens is 400 g/mol. The number of nitrogens with zero attached hydrogens (tertiary/aromatic N) is 1. The molecule has 0 radical (unpaired) electrons. The number of amides is 1. The molecule has 1 heterocycles. The maximum atomic E-state index is 12.2. The highest BCUT2D eigenvalue weighted by Crippen LogP contribution is 2.44. The van der Waals surface area contributed by atoms with E-state index in [4.69, 9.17) is 9.26 Å². The monoisotopic (exact) mass is 422 g/mol. The molecule has 5 heteroatoms. The second-order valence-electron chi connectivity index (χ2n) is 7.61. The zero-order valence-electron chi connectivity index (χ0n) is 17.4. The maximum absolute atomic E-state index is 12.2. The minimum absolute atomic E-state index is 0.0616. The van der Waals surface area contributed by atoms with Gasteiger partial charge in [0.25, 0.3) is 0 Å². The maximum Gasteiger partial charge on any atom is 0.407 e. The van der Waals surface area contributed by atoms with Gasteiger partial charge in [0.05, 0.1) is 6.20 Å². The van der Waals surface area contributed by atoms with E-state index >= 15 is 0 Å². The summed E-state index contributed by atoms with van der Waals surface area (Å²) in [7, 11) is 0. The van der Waals surface area contributed by atoms with E-state index in [2.05, 4.69) is 34.7 Å². The molecule has 158 valence electrons. The van der Waals surface area contributed by atoms with E-state index in [0.29, 0.717) is 13.2 Å². The number of carbonyl (C=O) groups is 1. The summed E-state index contributed by atoms with van der Waals surface area (Å²) in [6, 6.07) is 26.3. The number of rotatable bonds is 6. The van der Waals surface area contributed by atoms with Crippen LogP contribution >= 0.6 is 0 Å². The minimum Gasteiger partial charge on any atom is -0.449 e. The summed E-state index contributed by atoms with van der Waals surface area (Å²) in [5.74, 6) is 0.795. The number of fused-ring (bicyclic) bond motifs is 3. The lowest BCUT2D eigenvalue weighted by molar-refractivity contribution is 0.144. The van der Waals surface area contributed by atoms with E-state index in [1.54, 1.807) is 6.20 Å². The van der Waals surface area contributed by atoms with Gasteiger partial charge in [0.1, 0.15) is 6.61 Å². The molecule has 0 spiro atoms. The van der Waals surface area contributed by atoms with Gasteiger partial charge in [-0.25, -0.2) is 4.79 Å². The Hall–Kier alpha value is -4.12. The van der Waals surface area contributed by atoms with E-state index < -0.39 is 6.09 Å². The van der Waals surface area contributed by atoms with Crippen LogP contribution < -0.4 is 5.32 Å². The predicted octanol–water partition coefficient (Wildman–Crippen LogP) is 5.89. The normalized spacial score (nSPS) is 12.5. The fourth-order valence-electron chi connectivity index (χ4n) is 4.11. The van der Waals surface area contributed by atoms with Crippen molar-refractivity contribution in [2.45, 2.75) is 5.92 Å². The third-order valence-corrected chi connectivity index (χ3v) is 5.65. The molecular formula is C27H22N2O3. The molecule has 0 saturated carbocycles. The molecule has 0 saturated heterocycles. The van der Waals surface area contributed by atoms with Crippen LogP contribution in [-0.4, -0.2) is 24.4 Å². The molecule has 0 fully saturated rings. The van der Waals surface area contributed by atoms with Gasteiger partial charge in [-0.1, -0.05) is 90.1 Å². The first-order valence-corrected chi connectivity index (χ1v) is 10.6. The van der Waals surface area contributed by atoms with Crippen molar-refractivity contribution in [3.63, 3.8) is 0 Å². The Labute approximate surface area is 186 Å². The lowest BCUT2D eigenvalue weighted by Crippen LogP contribution is -2.26. The predicted molar refractivity (Wildman–Crippen MR) is 124 cm³/mol. The van der Waals surface area contributed by atoms with Crippen LogP contribution in [0.5, 0.6) is 0 Å². The van der Waals surface area contributed by atoms with Crippen molar-refractivity contribution in [1.29, 1.82) is 0 Å². The highest BCUT2D eigenvalue weighted by molar-refractivity contribution is 5.79. The van der Waals surface area contributed by atoms with Crippen molar-refractivity contribution in [3.05, 3.63) is 108 Å². The fraction of sp³-hybridized carbons (Fsp3) is 0.111. The van der Waals surface area contributed by atoms with Gasteiger partial charge in [-0.2, -0.15) is 0 Å². The third kappa shape index (κ3) is 4.05. The second kappa shape index (κ2) is 8.94. The number of carbonyl (C=O) groups excluding carboxylic acids is 1. The number of alkyl carbamates (subject to hydrolysis) is 1. The van der Waals surface area contributed by atoms with Crippen molar-refractivity contribution in [2.24, 2.45) is 0 Å². The van der Waals surface area contributed by atoms with Crippen molar-refractivity contribution < 1.29 is 14.1 Å². The summed E-state index contributed by atoms with van der Waals surface area (Å²) in [6.45, 7) is 0.702. The van der Waals surface area contributed by atoms with Gasteiger partial charge in [0, 0.05) is 24.1 Å². The number of hydrogen-bond donors (Lipinski definition) is 1. The first-order chi connectivity index (χ1) is 15.8. The van der Waals surface area contributed by atoms with Gasteiger partial charge in [0.15, 0.2) is 5.76 Å². The summed E-state index contributed by atoms with van der Waals surface area (Å²) < 4.78 is 10.7. The molecule has 1 aliphatic carbocycles. The molecule has 0 bridgehead atoms. The molecule has 3 aromatic carbocycles. The average Bonchev–Trinajstić information content (AvgIpc) is 3.48. The van der Waals surface area contributed by atoms with Crippen molar-refractivity contribution >= 4 is 12.2 Å². The molecule has 1 amide bonds. The SMILES string of the molecule is O=C(NCC=Cc1ccc(-c2ccno2)cc1)OCC1c2ccccc2-c2ccccc21. The van der Waals surface area contributed by atoms with Crippen LogP contribution in [0.2, 0.25) is 0 Å². The number of ether oxygens (including phenoxy) is 1. The summed E-state index contributed by atoms with van der Waals surface area (Å²) in [5, 5.41) is 6.51. The van der Waals surface area contributed by atoms with Crippen molar-refractivity contribution in [3.8, 4) is 22.5 Å². The molecule has 5 nitrogen and oxygen atoms in total. The first-order valence-electron chi connectivity index (χ1n) is 10.6. The first kappa shape index (κ1) is 19.8. The van der Waals surface area contributed by atoms with E-state index in [9.17, 15) is 4.79 Å². The van der Waals surface area contributed by atoms with Gasteiger partial charge in [-0.3, -0.25) is 0 Å². The van der Waals surface area contributed by atoms with E-state index in [1.165, 1.54) is 22.3 Å². The summed E-state index contributed by atoms with van der Waals surface area (Å²) in [6.07, 6.45) is 5.05. The molecule has 1 aliphatic rings. The van der Waals surface area contributed by atoms with E-state index in [1.807, 2.05) is 66.7 Å². The number of benzene rings is 3. The largest absolute Gasteiger partial charge is 0.449 e. The van der Waals surface area contributed by atoms with Crippen LogP contribution in [0.4, 0.5) is 4.79 Å². The van der Waals surface area contributed by atoms with Gasteiger partial charge in [-0.05, 0) is 27.8 Å². The minimum atomic E-state index is -0.419. The van der Waals surface area contributed by atoms with Gasteiger partial charge >= 0.3 is 6.09 Å². The summed E-state index contributed by atoms with van der Waals surface area (Å²) in [5.41, 5.74) is 6.84. The van der Waals surface area contributed by atoms with Crippen molar-refractivity contribution in [1.82, 2.24) is 10.5 Å². The van der Waals surface area contributed by atoms with Crippen LogP contribution in [-0.2, 0) is 4.74 Å². The Morgan fingerprint density at radius 3 is 2.28 bits per heavy atom. The molecule has 32 heavy (non-hydrogen) atoms. The molecule has 0 unspecified atom stereocenters. The second-order valence-corrected chi connectivity index (χ2v) is 7.61.